The first-order chi connectivity index (χ1) is 11.3. The van der Waals surface area contributed by atoms with Gasteiger partial charge in [0.25, 0.3) is 0 Å². The van der Waals surface area contributed by atoms with Crippen molar-refractivity contribution in [1.29, 1.82) is 0 Å². The van der Waals surface area contributed by atoms with Gasteiger partial charge in [0.05, 0.1) is 12.8 Å². The van der Waals surface area contributed by atoms with Crippen molar-refractivity contribution < 1.29 is 9.15 Å². The van der Waals surface area contributed by atoms with Crippen molar-refractivity contribution in [2.75, 3.05) is 7.11 Å². The molecule has 0 radical (unpaired) electrons. The zero-order valence-electron chi connectivity index (χ0n) is 14.5. The Labute approximate surface area is 140 Å². The molecular weight excluding hydrogens is 286 g/mol. The molecule has 0 fully saturated rings. The molecule has 2 aromatic rings. The van der Waals surface area contributed by atoms with Gasteiger partial charge in [-0.3, -0.25) is 0 Å². The molecule has 2 rings (SSSR count). The molecule has 23 heavy (non-hydrogen) atoms. The number of benzene rings is 1. The molecule has 0 amide bonds. The molecule has 0 spiro atoms. The van der Waals surface area contributed by atoms with Crippen LogP contribution in [0.15, 0.2) is 34.9 Å². The molecule has 1 heterocycles. The van der Waals surface area contributed by atoms with Crippen LogP contribution in [0.25, 0.3) is 11.5 Å². The van der Waals surface area contributed by atoms with Crippen molar-refractivity contribution in [2.45, 2.75) is 64.7 Å². The summed E-state index contributed by atoms with van der Waals surface area (Å²) in [6.45, 7) is 2.26. The zero-order valence-corrected chi connectivity index (χ0v) is 14.5. The molecule has 0 saturated carbocycles. The molecule has 0 aliphatic rings. The Bertz CT molecular complexity index is 545. The maximum atomic E-state index is 5.59. The van der Waals surface area contributed by atoms with Crippen molar-refractivity contribution in [1.82, 2.24) is 4.98 Å². The van der Waals surface area contributed by atoms with E-state index in [0.717, 1.165) is 23.4 Å². The molecule has 0 N–H and O–H groups in total. The highest BCUT2D eigenvalue weighted by atomic mass is 16.5. The van der Waals surface area contributed by atoms with E-state index < -0.39 is 0 Å². The van der Waals surface area contributed by atoms with Crippen molar-refractivity contribution in [3.05, 3.63) is 36.2 Å². The van der Waals surface area contributed by atoms with Gasteiger partial charge in [-0.15, -0.1) is 0 Å². The van der Waals surface area contributed by atoms with E-state index >= 15 is 0 Å². The smallest absolute Gasteiger partial charge is 0.226 e. The van der Waals surface area contributed by atoms with Gasteiger partial charge >= 0.3 is 0 Å². The van der Waals surface area contributed by atoms with Gasteiger partial charge in [0.2, 0.25) is 5.89 Å². The van der Waals surface area contributed by atoms with E-state index in [0.29, 0.717) is 5.89 Å². The summed E-state index contributed by atoms with van der Waals surface area (Å²) in [5, 5.41) is 0. The van der Waals surface area contributed by atoms with Crippen LogP contribution >= 0.6 is 0 Å². The first-order valence-corrected chi connectivity index (χ1v) is 8.92. The highest BCUT2D eigenvalue weighted by molar-refractivity contribution is 5.54. The van der Waals surface area contributed by atoms with Crippen molar-refractivity contribution >= 4 is 0 Å². The lowest BCUT2D eigenvalue weighted by Crippen LogP contribution is -1.87. The fourth-order valence-electron chi connectivity index (χ4n) is 2.73. The van der Waals surface area contributed by atoms with Gasteiger partial charge < -0.3 is 9.15 Å². The number of aryl methyl sites for hydroxylation is 1. The Morgan fingerprint density at radius 1 is 0.913 bits per heavy atom. The number of hydrogen-bond donors (Lipinski definition) is 0. The van der Waals surface area contributed by atoms with Crippen molar-refractivity contribution in [2.24, 2.45) is 0 Å². The topological polar surface area (TPSA) is 35.3 Å². The molecule has 0 saturated heterocycles. The van der Waals surface area contributed by atoms with E-state index in [1.807, 2.05) is 24.3 Å². The Morgan fingerprint density at radius 3 is 2.22 bits per heavy atom. The average molecular weight is 315 g/mol. The van der Waals surface area contributed by atoms with Gasteiger partial charge in [-0.1, -0.05) is 51.9 Å². The van der Waals surface area contributed by atoms with Gasteiger partial charge in [-0.05, 0) is 37.1 Å². The lowest BCUT2D eigenvalue weighted by molar-refractivity contribution is 0.415. The van der Waals surface area contributed by atoms with E-state index in [1.54, 1.807) is 13.4 Å². The summed E-state index contributed by atoms with van der Waals surface area (Å²) in [4.78, 5) is 4.59. The fourth-order valence-corrected chi connectivity index (χ4v) is 2.73. The van der Waals surface area contributed by atoms with Crippen LogP contribution in [0, 0.1) is 0 Å². The number of methoxy groups -OCH3 is 1. The van der Waals surface area contributed by atoms with Crippen LogP contribution in [0.4, 0.5) is 0 Å². The molecule has 0 unspecified atom stereocenters. The summed E-state index contributed by atoms with van der Waals surface area (Å²) in [7, 11) is 1.67. The standard InChI is InChI=1S/C20H29NO2/c1-3-4-5-6-7-8-9-10-11-18-16-23-20(21-18)17-12-14-19(22-2)15-13-17/h12-16H,3-11H2,1-2H3. The van der Waals surface area contributed by atoms with Gasteiger partial charge in [0, 0.05) is 5.56 Å². The van der Waals surface area contributed by atoms with Crippen molar-refractivity contribution in [3.63, 3.8) is 0 Å². The van der Waals surface area contributed by atoms with Gasteiger partial charge in [-0.25, -0.2) is 4.98 Å². The summed E-state index contributed by atoms with van der Waals surface area (Å²) >= 11 is 0. The van der Waals surface area contributed by atoms with Crippen LogP contribution in [0.2, 0.25) is 0 Å². The Balaban J connectivity index is 1.68. The van der Waals surface area contributed by atoms with Crippen LogP contribution < -0.4 is 4.74 Å². The number of unbranched alkanes of at least 4 members (excludes halogenated alkanes) is 7. The monoisotopic (exact) mass is 315 g/mol. The first kappa shape index (κ1) is 17.6. The third-order valence-electron chi connectivity index (χ3n) is 4.18. The number of aromatic nitrogens is 1. The van der Waals surface area contributed by atoms with E-state index in [-0.39, 0.29) is 0 Å². The maximum absolute atomic E-state index is 5.59. The molecule has 0 aliphatic carbocycles. The number of rotatable bonds is 11. The van der Waals surface area contributed by atoms with Crippen LogP contribution in [-0.2, 0) is 6.42 Å². The van der Waals surface area contributed by atoms with Crippen LogP contribution in [0.5, 0.6) is 5.75 Å². The number of nitrogens with zero attached hydrogens (tertiary/aromatic N) is 1. The average Bonchev–Trinajstić information content (AvgIpc) is 3.06. The van der Waals surface area contributed by atoms with Crippen LogP contribution in [-0.4, -0.2) is 12.1 Å². The Morgan fingerprint density at radius 2 is 1.57 bits per heavy atom. The fraction of sp³-hybridized carbons (Fsp3) is 0.550. The minimum atomic E-state index is 0.696. The maximum Gasteiger partial charge on any atom is 0.226 e. The third kappa shape index (κ3) is 6.09. The molecule has 1 aromatic carbocycles. The molecular formula is C20H29NO2. The lowest BCUT2D eigenvalue weighted by Gasteiger charge is -2.00. The molecule has 3 heteroatoms. The summed E-state index contributed by atoms with van der Waals surface area (Å²) < 4.78 is 10.8. The predicted octanol–water partition coefficient (Wildman–Crippen LogP) is 6.03. The summed E-state index contributed by atoms with van der Waals surface area (Å²) in [5.41, 5.74) is 2.05. The van der Waals surface area contributed by atoms with Crippen molar-refractivity contribution in [3.8, 4) is 17.2 Å². The molecule has 3 nitrogen and oxygen atoms in total. The Hall–Kier alpha value is -1.77. The molecule has 0 bridgehead atoms. The first-order valence-electron chi connectivity index (χ1n) is 8.92. The second kappa shape index (κ2) is 10.1. The number of oxazole rings is 1. The van der Waals surface area contributed by atoms with Crippen LogP contribution in [0.3, 0.4) is 0 Å². The summed E-state index contributed by atoms with van der Waals surface area (Å²) in [6, 6.07) is 7.81. The Kier molecular flexibility index (Phi) is 7.71. The molecule has 126 valence electrons. The van der Waals surface area contributed by atoms with E-state index in [9.17, 15) is 0 Å². The minimum Gasteiger partial charge on any atom is -0.497 e. The largest absolute Gasteiger partial charge is 0.497 e. The SMILES string of the molecule is CCCCCCCCCCc1coc(-c2ccc(OC)cc2)n1. The van der Waals surface area contributed by atoms with E-state index in [1.165, 1.54) is 51.4 Å². The molecule has 0 atom stereocenters. The highest BCUT2D eigenvalue weighted by Crippen LogP contribution is 2.22. The van der Waals surface area contributed by atoms with Gasteiger partial charge in [0.1, 0.15) is 12.0 Å². The lowest BCUT2D eigenvalue weighted by atomic mass is 10.1. The predicted molar refractivity (Wildman–Crippen MR) is 94.8 cm³/mol. The highest BCUT2D eigenvalue weighted by Gasteiger charge is 2.06. The summed E-state index contributed by atoms with van der Waals surface area (Å²) in [5.74, 6) is 1.54. The molecule has 1 aromatic heterocycles. The third-order valence-corrected chi connectivity index (χ3v) is 4.18. The van der Waals surface area contributed by atoms with Gasteiger partial charge in [-0.2, -0.15) is 0 Å². The van der Waals surface area contributed by atoms with Crippen LogP contribution in [0.1, 0.15) is 64.0 Å². The number of ether oxygens (including phenoxy) is 1. The normalized spacial score (nSPS) is 10.9. The second-order valence-corrected chi connectivity index (χ2v) is 6.10. The quantitative estimate of drug-likeness (QED) is 0.475. The van der Waals surface area contributed by atoms with E-state index in [4.69, 9.17) is 9.15 Å². The summed E-state index contributed by atoms with van der Waals surface area (Å²) in [6.07, 6.45) is 13.5. The molecule has 0 aliphatic heterocycles. The second-order valence-electron chi connectivity index (χ2n) is 6.10. The zero-order chi connectivity index (χ0) is 16.3. The van der Waals surface area contributed by atoms with Gasteiger partial charge in [0.15, 0.2) is 0 Å². The minimum absolute atomic E-state index is 0.696. The van der Waals surface area contributed by atoms with E-state index in [2.05, 4.69) is 11.9 Å². The number of hydrogen-bond acceptors (Lipinski definition) is 3.